The molecule has 0 saturated carbocycles. The van der Waals surface area contributed by atoms with E-state index in [0.29, 0.717) is 17.1 Å². The van der Waals surface area contributed by atoms with Crippen LogP contribution < -0.4 is 20.9 Å². The zero-order valence-corrected chi connectivity index (χ0v) is 11.8. The van der Waals surface area contributed by atoms with Gasteiger partial charge in [-0.2, -0.15) is 0 Å². The molecule has 0 aromatic heterocycles. The summed E-state index contributed by atoms with van der Waals surface area (Å²) >= 11 is 0. The summed E-state index contributed by atoms with van der Waals surface area (Å²) in [6, 6.07) is 12.6. The lowest BCUT2D eigenvalue weighted by molar-refractivity contribution is 0.0706. The number of anilines is 2. The Kier molecular flexibility index (Phi) is 4.94. The molecule has 7 nitrogen and oxygen atoms in total. The fraction of sp³-hybridized carbons (Fsp3) is 0.0667. The molecular weight excluding hydrogens is 286 g/mol. The van der Waals surface area contributed by atoms with Gasteiger partial charge in [-0.15, -0.1) is 0 Å². The van der Waals surface area contributed by atoms with E-state index in [0.717, 1.165) is 0 Å². The van der Waals surface area contributed by atoms with E-state index >= 15 is 0 Å². The van der Waals surface area contributed by atoms with E-state index in [1.54, 1.807) is 43.5 Å². The van der Waals surface area contributed by atoms with Gasteiger partial charge in [-0.25, -0.2) is 10.3 Å². The number of urea groups is 1. The van der Waals surface area contributed by atoms with Crippen molar-refractivity contribution in [2.75, 3.05) is 17.7 Å². The first kappa shape index (κ1) is 15.3. The van der Waals surface area contributed by atoms with Gasteiger partial charge in [0.15, 0.2) is 0 Å². The highest BCUT2D eigenvalue weighted by Crippen LogP contribution is 2.16. The van der Waals surface area contributed by atoms with Crippen LogP contribution in [0.15, 0.2) is 48.5 Å². The quantitative estimate of drug-likeness (QED) is 0.515. The van der Waals surface area contributed by atoms with Gasteiger partial charge in [-0.1, -0.05) is 6.07 Å². The van der Waals surface area contributed by atoms with Crippen LogP contribution in [0.1, 0.15) is 10.4 Å². The molecule has 0 bridgehead atoms. The molecule has 114 valence electrons. The first-order valence-electron chi connectivity index (χ1n) is 6.39. The van der Waals surface area contributed by atoms with Gasteiger partial charge in [0, 0.05) is 16.9 Å². The third kappa shape index (κ3) is 3.97. The number of carbonyl (C=O) groups is 2. The molecule has 0 spiro atoms. The van der Waals surface area contributed by atoms with E-state index in [-0.39, 0.29) is 5.56 Å². The minimum absolute atomic E-state index is 0.227. The standard InChI is InChI=1S/C15H15N3O4/c1-22-13-7-5-11(6-8-13)16-15(20)17-12-4-2-3-10(9-12)14(19)18-21/h2-9,21H,1H3,(H,18,19)(H2,16,17,20). The lowest BCUT2D eigenvalue weighted by Crippen LogP contribution is -2.21. The second-order valence-electron chi connectivity index (χ2n) is 4.33. The summed E-state index contributed by atoms with van der Waals surface area (Å²) in [6.07, 6.45) is 0. The highest BCUT2D eigenvalue weighted by atomic mass is 16.5. The highest BCUT2D eigenvalue weighted by molar-refractivity contribution is 6.01. The number of benzene rings is 2. The second-order valence-corrected chi connectivity index (χ2v) is 4.33. The number of rotatable bonds is 4. The van der Waals surface area contributed by atoms with Crippen molar-refractivity contribution in [3.8, 4) is 5.75 Å². The lowest BCUT2D eigenvalue weighted by Gasteiger charge is -2.09. The van der Waals surface area contributed by atoms with Gasteiger partial charge in [0.05, 0.1) is 7.11 Å². The molecule has 2 aromatic carbocycles. The molecule has 0 aliphatic heterocycles. The molecule has 0 atom stereocenters. The van der Waals surface area contributed by atoms with E-state index in [1.807, 2.05) is 0 Å². The molecule has 2 aromatic rings. The van der Waals surface area contributed by atoms with Crippen molar-refractivity contribution < 1.29 is 19.5 Å². The highest BCUT2D eigenvalue weighted by Gasteiger charge is 2.07. The number of amides is 3. The van der Waals surface area contributed by atoms with Gasteiger partial charge in [0.25, 0.3) is 5.91 Å². The van der Waals surface area contributed by atoms with Crippen LogP contribution in [0.4, 0.5) is 16.2 Å². The van der Waals surface area contributed by atoms with Crippen molar-refractivity contribution in [3.63, 3.8) is 0 Å². The molecule has 22 heavy (non-hydrogen) atoms. The Morgan fingerprint density at radius 1 is 1.00 bits per heavy atom. The van der Waals surface area contributed by atoms with Gasteiger partial charge in [0.2, 0.25) is 0 Å². The predicted molar refractivity (Wildman–Crippen MR) is 81.3 cm³/mol. The van der Waals surface area contributed by atoms with Gasteiger partial charge < -0.3 is 15.4 Å². The maximum absolute atomic E-state index is 11.9. The number of hydrogen-bond donors (Lipinski definition) is 4. The van der Waals surface area contributed by atoms with Crippen molar-refractivity contribution in [3.05, 3.63) is 54.1 Å². The van der Waals surface area contributed by atoms with E-state index in [9.17, 15) is 9.59 Å². The number of hydroxylamine groups is 1. The Morgan fingerprint density at radius 3 is 2.32 bits per heavy atom. The van der Waals surface area contributed by atoms with Crippen LogP contribution in [0.25, 0.3) is 0 Å². The fourth-order valence-corrected chi connectivity index (χ4v) is 1.77. The predicted octanol–water partition coefficient (Wildman–Crippen LogP) is 2.46. The average molecular weight is 301 g/mol. The third-order valence-corrected chi connectivity index (χ3v) is 2.83. The van der Waals surface area contributed by atoms with Crippen molar-refractivity contribution >= 4 is 23.3 Å². The summed E-state index contributed by atoms with van der Waals surface area (Å²) in [5.41, 5.74) is 2.78. The van der Waals surface area contributed by atoms with Crippen LogP contribution in [-0.4, -0.2) is 24.3 Å². The van der Waals surface area contributed by atoms with Crippen LogP contribution in [0.3, 0.4) is 0 Å². The van der Waals surface area contributed by atoms with E-state index in [2.05, 4.69) is 10.6 Å². The zero-order valence-electron chi connectivity index (χ0n) is 11.8. The third-order valence-electron chi connectivity index (χ3n) is 2.83. The Bertz CT molecular complexity index is 671. The minimum Gasteiger partial charge on any atom is -0.497 e. The zero-order chi connectivity index (χ0) is 15.9. The number of carbonyl (C=O) groups excluding carboxylic acids is 2. The molecule has 0 saturated heterocycles. The summed E-state index contributed by atoms with van der Waals surface area (Å²) < 4.78 is 5.03. The van der Waals surface area contributed by atoms with Crippen molar-refractivity contribution in [1.29, 1.82) is 0 Å². The maximum atomic E-state index is 11.9. The van der Waals surface area contributed by atoms with Gasteiger partial charge in [-0.3, -0.25) is 10.0 Å². The number of ether oxygens (including phenoxy) is 1. The number of hydrogen-bond acceptors (Lipinski definition) is 4. The molecule has 0 unspecified atom stereocenters. The summed E-state index contributed by atoms with van der Waals surface area (Å²) in [5, 5.41) is 13.8. The van der Waals surface area contributed by atoms with Gasteiger partial charge in [0.1, 0.15) is 5.75 Å². The molecule has 3 amide bonds. The monoisotopic (exact) mass is 301 g/mol. The number of methoxy groups -OCH3 is 1. The van der Waals surface area contributed by atoms with Crippen LogP contribution in [0, 0.1) is 0 Å². The molecular formula is C15H15N3O4. The smallest absolute Gasteiger partial charge is 0.323 e. The largest absolute Gasteiger partial charge is 0.497 e. The molecule has 4 N–H and O–H groups in total. The number of nitrogens with one attached hydrogen (secondary N) is 3. The van der Waals surface area contributed by atoms with Crippen LogP contribution in [-0.2, 0) is 0 Å². The minimum atomic E-state index is -0.654. The van der Waals surface area contributed by atoms with Gasteiger partial charge >= 0.3 is 6.03 Å². The molecule has 0 aliphatic carbocycles. The lowest BCUT2D eigenvalue weighted by atomic mass is 10.2. The molecule has 0 fully saturated rings. The molecule has 0 heterocycles. The first-order chi connectivity index (χ1) is 10.6. The summed E-state index contributed by atoms with van der Waals surface area (Å²) in [4.78, 5) is 23.2. The van der Waals surface area contributed by atoms with Crippen molar-refractivity contribution in [1.82, 2.24) is 5.48 Å². The summed E-state index contributed by atoms with van der Waals surface area (Å²) in [5.74, 6) is 0.0351. The second kappa shape index (κ2) is 7.09. The molecule has 0 radical (unpaired) electrons. The van der Waals surface area contributed by atoms with Crippen LogP contribution in [0.2, 0.25) is 0 Å². The Morgan fingerprint density at radius 2 is 1.68 bits per heavy atom. The van der Waals surface area contributed by atoms with E-state index in [4.69, 9.17) is 9.94 Å². The molecule has 0 aliphatic rings. The Balaban J connectivity index is 2.00. The normalized spacial score (nSPS) is 9.73. The molecule has 2 rings (SSSR count). The topological polar surface area (TPSA) is 99.7 Å². The summed E-state index contributed by atoms with van der Waals surface area (Å²) in [7, 11) is 1.56. The Hall–Kier alpha value is -3.06. The Labute approximate surface area is 126 Å². The average Bonchev–Trinajstić information content (AvgIpc) is 2.55. The van der Waals surface area contributed by atoms with Crippen LogP contribution >= 0.6 is 0 Å². The van der Waals surface area contributed by atoms with E-state index in [1.165, 1.54) is 17.6 Å². The van der Waals surface area contributed by atoms with E-state index < -0.39 is 11.9 Å². The maximum Gasteiger partial charge on any atom is 0.323 e. The SMILES string of the molecule is COc1ccc(NC(=O)Nc2cccc(C(=O)NO)c2)cc1. The van der Waals surface area contributed by atoms with Crippen molar-refractivity contribution in [2.24, 2.45) is 0 Å². The fourth-order valence-electron chi connectivity index (χ4n) is 1.77. The summed E-state index contributed by atoms with van der Waals surface area (Å²) in [6.45, 7) is 0. The van der Waals surface area contributed by atoms with Crippen LogP contribution in [0.5, 0.6) is 5.75 Å². The van der Waals surface area contributed by atoms with Crippen molar-refractivity contribution in [2.45, 2.75) is 0 Å². The first-order valence-corrected chi connectivity index (χ1v) is 6.39. The molecule has 7 heteroatoms. The van der Waals surface area contributed by atoms with Gasteiger partial charge in [-0.05, 0) is 42.5 Å².